The van der Waals surface area contributed by atoms with Crippen LogP contribution in [-0.4, -0.2) is 71.5 Å². The minimum atomic E-state index is -0.728. The lowest BCUT2D eigenvalue weighted by Gasteiger charge is -2.30. The molecule has 1 amide bonds. The van der Waals surface area contributed by atoms with E-state index in [1.807, 2.05) is 0 Å². The van der Waals surface area contributed by atoms with E-state index in [1.54, 1.807) is 31.5 Å². The van der Waals surface area contributed by atoms with Gasteiger partial charge < -0.3 is 19.8 Å². The molecule has 0 saturated carbocycles. The van der Waals surface area contributed by atoms with Gasteiger partial charge in [0.2, 0.25) is 5.82 Å². The summed E-state index contributed by atoms with van der Waals surface area (Å²) >= 11 is 1.58. The molecule has 0 bridgehead atoms. The van der Waals surface area contributed by atoms with Crippen molar-refractivity contribution in [2.75, 3.05) is 13.1 Å². The van der Waals surface area contributed by atoms with E-state index in [-0.39, 0.29) is 24.5 Å². The van der Waals surface area contributed by atoms with Gasteiger partial charge in [-0.3, -0.25) is 4.79 Å². The van der Waals surface area contributed by atoms with E-state index in [2.05, 4.69) is 28.9 Å². The molecule has 0 radical (unpaired) electrons. The monoisotopic (exact) mass is 419 g/mol. The number of ether oxygens (including phenoxy) is 1. The zero-order chi connectivity index (χ0) is 20.9. The van der Waals surface area contributed by atoms with Gasteiger partial charge in [-0.1, -0.05) is 0 Å². The maximum atomic E-state index is 13.0. The first-order valence-corrected chi connectivity index (χ1v) is 10.4. The predicted molar refractivity (Wildman–Crippen MR) is 108 cm³/mol. The highest BCUT2D eigenvalue weighted by molar-refractivity contribution is 7.19. The van der Waals surface area contributed by atoms with Gasteiger partial charge in [-0.15, -0.1) is 16.4 Å². The van der Waals surface area contributed by atoms with Crippen molar-refractivity contribution in [3.63, 3.8) is 0 Å². The molecule has 0 saturated heterocycles. The molecule has 1 aliphatic rings. The third-order valence-electron chi connectivity index (χ3n) is 4.86. The molecule has 1 aliphatic heterocycles. The molecule has 3 aromatic rings. The number of hydrogen-bond donors (Lipinski definition) is 2. The summed E-state index contributed by atoms with van der Waals surface area (Å²) in [4.78, 5) is 25.3. The van der Waals surface area contributed by atoms with E-state index in [1.165, 1.54) is 9.42 Å². The van der Waals surface area contributed by atoms with Crippen molar-refractivity contribution in [3.8, 4) is 0 Å². The van der Waals surface area contributed by atoms with Crippen molar-refractivity contribution in [3.05, 3.63) is 22.6 Å². The zero-order valence-corrected chi connectivity index (χ0v) is 17.7. The fourth-order valence-corrected chi connectivity index (χ4v) is 4.72. The number of amides is 1. The molecule has 156 valence electrons. The van der Waals surface area contributed by atoms with Crippen LogP contribution in [0, 0.1) is 0 Å². The Labute approximate surface area is 171 Å². The van der Waals surface area contributed by atoms with Crippen LogP contribution in [0.25, 0.3) is 15.9 Å². The number of aliphatic hydroxyl groups excluding tert-OH is 2. The van der Waals surface area contributed by atoms with E-state index in [0.29, 0.717) is 12.3 Å². The number of thiophene rings is 1. The number of carbonyl (C=O) groups excluding carboxylic acids is 1. The summed E-state index contributed by atoms with van der Waals surface area (Å²) in [5.74, 6) is -0.414. The molecule has 29 heavy (non-hydrogen) atoms. The molecular formula is C19H25N5O4S. The standard InChI is InChI=1S/C19H25N5O4S/c1-10(25)6-23(7-11(2)26)18(27)15-21-16-14-12-5-19(3,4)28-8-13(12)29-17(14)20-9-24(16)22-15/h9-11,25-26H,5-8H2,1-4H3/t10-,11+. The second-order valence-corrected chi connectivity index (χ2v) is 9.35. The molecule has 0 unspecified atom stereocenters. The Kier molecular flexibility index (Phi) is 5.06. The molecule has 0 aromatic carbocycles. The van der Waals surface area contributed by atoms with Crippen molar-refractivity contribution in [2.45, 2.75) is 58.5 Å². The van der Waals surface area contributed by atoms with Gasteiger partial charge in [0.1, 0.15) is 11.2 Å². The zero-order valence-electron chi connectivity index (χ0n) is 16.9. The lowest BCUT2D eigenvalue weighted by molar-refractivity contribution is -0.0379. The second-order valence-electron chi connectivity index (χ2n) is 8.27. The molecule has 3 aromatic heterocycles. The minimum absolute atomic E-state index is 0.0202. The Morgan fingerprint density at radius 1 is 1.34 bits per heavy atom. The Bertz CT molecular complexity index is 1060. The highest BCUT2D eigenvalue weighted by Crippen LogP contribution is 2.39. The van der Waals surface area contributed by atoms with Gasteiger partial charge in [0, 0.05) is 24.4 Å². The Balaban J connectivity index is 1.78. The summed E-state index contributed by atoms with van der Waals surface area (Å²) in [7, 11) is 0. The maximum absolute atomic E-state index is 13.0. The number of rotatable bonds is 5. The fraction of sp³-hybridized carbons (Fsp3) is 0.579. The third kappa shape index (κ3) is 3.85. The van der Waals surface area contributed by atoms with Gasteiger partial charge in [0.05, 0.1) is 29.8 Å². The molecular weight excluding hydrogens is 394 g/mol. The van der Waals surface area contributed by atoms with E-state index in [9.17, 15) is 15.0 Å². The lowest BCUT2D eigenvalue weighted by Crippen LogP contribution is -2.41. The molecule has 4 rings (SSSR count). The molecule has 0 fully saturated rings. The van der Waals surface area contributed by atoms with E-state index in [0.717, 1.165) is 27.1 Å². The molecule has 4 heterocycles. The van der Waals surface area contributed by atoms with Crippen molar-refractivity contribution < 1.29 is 19.7 Å². The number of carbonyl (C=O) groups is 1. The fourth-order valence-electron chi connectivity index (χ4n) is 3.65. The molecule has 9 nitrogen and oxygen atoms in total. The van der Waals surface area contributed by atoms with Crippen molar-refractivity contribution in [1.82, 2.24) is 24.5 Å². The van der Waals surface area contributed by atoms with Crippen LogP contribution in [0.5, 0.6) is 0 Å². The topological polar surface area (TPSA) is 113 Å². The number of fused-ring (bicyclic) bond motifs is 5. The maximum Gasteiger partial charge on any atom is 0.293 e. The summed E-state index contributed by atoms with van der Waals surface area (Å²) in [6, 6.07) is 0. The largest absolute Gasteiger partial charge is 0.392 e. The third-order valence-corrected chi connectivity index (χ3v) is 5.97. The van der Waals surface area contributed by atoms with Gasteiger partial charge >= 0.3 is 0 Å². The molecule has 2 atom stereocenters. The van der Waals surface area contributed by atoms with Crippen molar-refractivity contribution >= 4 is 33.1 Å². The number of aliphatic hydroxyl groups is 2. The van der Waals surface area contributed by atoms with Crippen LogP contribution in [0.2, 0.25) is 0 Å². The Hall–Kier alpha value is -2.14. The highest BCUT2D eigenvalue weighted by atomic mass is 32.1. The summed E-state index contributed by atoms with van der Waals surface area (Å²) in [5, 5.41) is 24.7. The summed E-state index contributed by atoms with van der Waals surface area (Å²) < 4.78 is 7.44. The number of nitrogens with zero attached hydrogens (tertiary/aromatic N) is 5. The van der Waals surface area contributed by atoms with Gasteiger partial charge in [-0.05, 0) is 33.3 Å². The van der Waals surface area contributed by atoms with Gasteiger partial charge in [0.25, 0.3) is 5.91 Å². The predicted octanol–water partition coefficient (Wildman–Crippen LogP) is 1.39. The second kappa shape index (κ2) is 7.28. The average molecular weight is 420 g/mol. The molecule has 2 N–H and O–H groups in total. The van der Waals surface area contributed by atoms with Crippen molar-refractivity contribution in [2.24, 2.45) is 0 Å². The lowest BCUT2D eigenvalue weighted by atomic mass is 9.94. The van der Waals surface area contributed by atoms with Crippen LogP contribution >= 0.6 is 11.3 Å². The van der Waals surface area contributed by atoms with Crippen molar-refractivity contribution in [1.29, 1.82) is 0 Å². The first-order chi connectivity index (χ1) is 13.6. The Morgan fingerprint density at radius 3 is 2.69 bits per heavy atom. The summed E-state index contributed by atoms with van der Waals surface area (Å²) in [6.45, 7) is 8.00. The number of hydrogen-bond acceptors (Lipinski definition) is 8. The van der Waals surface area contributed by atoms with Crippen LogP contribution < -0.4 is 0 Å². The minimum Gasteiger partial charge on any atom is -0.392 e. The van der Waals surface area contributed by atoms with E-state index in [4.69, 9.17) is 4.74 Å². The van der Waals surface area contributed by atoms with Gasteiger partial charge in [0.15, 0.2) is 5.65 Å². The van der Waals surface area contributed by atoms with Crippen LogP contribution in [0.15, 0.2) is 6.33 Å². The van der Waals surface area contributed by atoms with Gasteiger partial charge in [-0.2, -0.15) is 0 Å². The van der Waals surface area contributed by atoms with Crippen LogP contribution in [0.1, 0.15) is 48.8 Å². The van der Waals surface area contributed by atoms with Crippen LogP contribution in [0.4, 0.5) is 0 Å². The molecule has 10 heteroatoms. The SMILES string of the molecule is C[C@H](O)CN(C[C@@H](C)O)C(=O)c1nc2c3c4c(sc3ncn2n1)COC(C)(C)C4. The quantitative estimate of drug-likeness (QED) is 0.642. The molecule has 0 aliphatic carbocycles. The van der Waals surface area contributed by atoms with Crippen LogP contribution in [-0.2, 0) is 17.8 Å². The highest BCUT2D eigenvalue weighted by Gasteiger charge is 2.31. The average Bonchev–Trinajstić information content (AvgIpc) is 3.19. The normalized spacial score (nSPS) is 18.0. The number of aromatic nitrogens is 4. The first kappa shape index (κ1) is 20.1. The molecule has 0 spiro atoms. The van der Waals surface area contributed by atoms with Crippen LogP contribution in [0.3, 0.4) is 0 Å². The van der Waals surface area contributed by atoms with E-state index < -0.39 is 18.1 Å². The summed E-state index contributed by atoms with van der Waals surface area (Å²) in [5.41, 5.74) is 1.45. The first-order valence-electron chi connectivity index (χ1n) is 9.59. The van der Waals surface area contributed by atoms with Gasteiger partial charge in [-0.25, -0.2) is 14.5 Å². The van der Waals surface area contributed by atoms with E-state index >= 15 is 0 Å². The summed E-state index contributed by atoms with van der Waals surface area (Å²) in [6.07, 6.45) is 0.836. The smallest absolute Gasteiger partial charge is 0.293 e. The Morgan fingerprint density at radius 2 is 2.03 bits per heavy atom.